The first-order valence-electron chi connectivity index (χ1n) is 1.61. The van der Waals surface area contributed by atoms with Gasteiger partial charge in [0.2, 0.25) is 0 Å². The van der Waals surface area contributed by atoms with Crippen molar-refractivity contribution in [1.29, 1.82) is 10.5 Å². The molecular formula is C4N2S2Zn. The zero-order valence-corrected chi connectivity index (χ0v) is 9.02. The molecule has 0 amide bonds. The quantitative estimate of drug-likeness (QED) is 0.325. The fourth-order valence-corrected chi connectivity index (χ4v) is 0.299. The van der Waals surface area contributed by atoms with Crippen LogP contribution in [0.2, 0.25) is 0 Å². The van der Waals surface area contributed by atoms with E-state index in [9.17, 15) is 0 Å². The van der Waals surface area contributed by atoms with E-state index >= 15 is 0 Å². The van der Waals surface area contributed by atoms with Crippen molar-refractivity contribution in [2.24, 2.45) is 0 Å². The molecule has 0 bridgehead atoms. The zero-order valence-electron chi connectivity index (χ0n) is 4.42. The SMILES string of the molecule is N#CC(C#N)=C([S-])[S-].[Zn+2]. The molecule has 0 heterocycles. The van der Waals surface area contributed by atoms with E-state index in [1.54, 1.807) is 12.1 Å². The topological polar surface area (TPSA) is 47.6 Å². The van der Waals surface area contributed by atoms with Crippen molar-refractivity contribution in [3.05, 3.63) is 9.81 Å². The fourth-order valence-electron chi connectivity index (χ4n) is 0.116. The van der Waals surface area contributed by atoms with E-state index in [2.05, 4.69) is 25.3 Å². The zero-order chi connectivity index (χ0) is 6.57. The third kappa shape index (κ3) is 4.30. The van der Waals surface area contributed by atoms with Crippen LogP contribution >= 0.6 is 0 Å². The van der Waals surface area contributed by atoms with Gasteiger partial charge in [-0.15, -0.1) is 0 Å². The van der Waals surface area contributed by atoms with Gasteiger partial charge in [-0.3, -0.25) is 0 Å². The summed E-state index contributed by atoms with van der Waals surface area (Å²) in [6, 6.07) is 3.12. The molecule has 0 aliphatic heterocycles. The fraction of sp³-hybridized carbons (Fsp3) is 0. The summed E-state index contributed by atoms with van der Waals surface area (Å²) < 4.78 is -0.0602. The Labute approximate surface area is 77.1 Å². The second-order valence-electron chi connectivity index (χ2n) is 0.886. The number of nitrogens with zero attached hydrogens (tertiary/aromatic N) is 2. The molecule has 40 valence electrons. The predicted octanol–water partition coefficient (Wildman–Crippen LogP) is 0.336. The molecule has 0 saturated carbocycles. The number of allylic oxidation sites excluding steroid dienone is 1. The van der Waals surface area contributed by atoms with E-state index < -0.39 is 0 Å². The van der Waals surface area contributed by atoms with Crippen LogP contribution in [0, 0.1) is 22.7 Å². The van der Waals surface area contributed by atoms with Gasteiger partial charge < -0.3 is 29.5 Å². The van der Waals surface area contributed by atoms with Gasteiger partial charge >= 0.3 is 19.5 Å². The van der Waals surface area contributed by atoms with Crippen LogP contribution in [-0.2, 0) is 44.7 Å². The minimum atomic E-state index is -0.157. The average molecular weight is 206 g/mol. The molecule has 0 atom stereocenters. The molecule has 0 aliphatic rings. The molecule has 2 nitrogen and oxygen atoms in total. The van der Waals surface area contributed by atoms with Gasteiger partial charge in [0, 0.05) is 0 Å². The van der Waals surface area contributed by atoms with E-state index in [-0.39, 0.29) is 29.3 Å². The molecule has 0 spiro atoms. The van der Waals surface area contributed by atoms with Crippen molar-refractivity contribution in [3.63, 3.8) is 0 Å². The summed E-state index contributed by atoms with van der Waals surface area (Å²) in [6.45, 7) is 0. The molecular weight excluding hydrogens is 206 g/mol. The van der Waals surface area contributed by atoms with Crippen LogP contribution in [0.3, 0.4) is 0 Å². The monoisotopic (exact) mass is 204 g/mol. The standard InChI is InChI=1S/C4H2N2S2.Zn/c5-1-3(2-6)4(7)8;/h7-8H;/q;+2/p-2. The number of rotatable bonds is 0. The summed E-state index contributed by atoms with van der Waals surface area (Å²) >= 11 is 8.70. The van der Waals surface area contributed by atoms with Crippen molar-refractivity contribution < 1.29 is 19.5 Å². The Hall–Kier alpha value is -0.217. The van der Waals surface area contributed by atoms with Crippen LogP contribution in [0.25, 0.3) is 0 Å². The van der Waals surface area contributed by atoms with E-state index in [0.717, 1.165) is 0 Å². The Morgan fingerprint density at radius 2 is 1.44 bits per heavy atom. The number of hydrogen-bond acceptors (Lipinski definition) is 4. The van der Waals surface area contributed by atoms with Crippen molar-refractivity contribution >= 4 is 25.3 Å². The minimum Gasteiger partial charge on any atom is -0.805 e. The van der Waals surface area contributed by atoms with Crippen molar-refractivity contribution in [2.45, 2.75) is 0 Å². The van der Waals surface area contributed by atoms with E-state index in [4.69, 9.17) is 10.5 Å². The molecule has 0 unspecified atom stereocenters. The normalized spacial score (nSPS) is 5.56. The Balaban J connectivity index is 0. The first-order chi connectivity index (χ1) is 3.72. The summed E-state index contributed by atoms with van der Waals surface area (Å²) in [5, 5.41) is 16.1. The maximum Gasteiger partial charge on any atom is 2.00 e. The van der Waals surface area contributed by atoms with E-state index in [1.807, 2.05) is 0 Å². The largest absolute Gasteiger partial charge is 2.00 e. The smallest absolute Gasteiger partial charge is 0.805 e. The summed E-state index contributed by atoms with van der Waals surface area (Å²) in [6.07, 6.45) is 0. The molecule has 9 heavy (non-hydrogen) atoms. The first-order valence-corrected chi connectivity index (χ1v) is 2.42. The van der Waals surface area contributed by atoms with Gasteiger partial charge in [0.05, 0.1) is 5.57 Å². The molecule has 0 fully saturated rings. The Bertz CT molecular complexity index is 178. The molecule has 0 N–H and O–H groups in total. The second-order valence-corrected chi connectivity index (χ2v) is 1.96. The van der Waals surface area contributed by atoms with Gasteiger partial charge in [0.25, 0.3) is 0 Å². The van der Waals surface area contributed by atoms with E-state index in [1.165, 1.54) is 0 Å². The summed E-state index contributed by atoms with van der Waals surface area (Å²) in [4.78, 5) is 0. The Kier molecular flexibility index (Phi) is 7.60. The van der Waals surface area contributed by atoms with Gasteiger partial charge in [0.1, 0.15) is 12.1 Å². The number of nitriles is 2. The Morgan fingerprint density at radius 3 is 1.44 bits per heavy atom. The van der Waals surface area contributed by atoms with Gasteiger partial charge in [-0.2, -0.15) is 10.5 Å². The molecule has 5 heteroatoms. The van der Waals surface area contributed by atoms with Crippen molar-refractivity contribution in [3.8, 4) is 12.1 Å². The van der Waals surface area contributed by atoms with Gasteiger partial charge in [-0.1, -0.05) is 0 Å². The second kappa shape index (κ2) is 5.91. The molecule has 0 aromatic rings. The van der Waals surface area contributed by atoms with Crippen LogP contribution in [0.4, 0.5) is 0 Å². The van der Waals surface area contributed by atoms with Gasteiger partial charge in [0.15, 0.2) is 0 Å². The van der Waals surface area contributed by atoms with E-state index in [0.29, 0.717) is 0 Å². The molecule has 0 aliphatic carbocycles. The molecule has 0 rings (SSSR count). The molecule has 0 aromatic carbocycles. The maximum absolute atomic E-state index is 8.03. The van der Waals surface area contributed by atoms with Crippen LogP contribution in [0.15, 0.2) is 9.81 Å². The minimum absolute atomic E-state index is 0. The van der Waals surface area contributed by atoms with Crippen LogP contribution in [-0.4, -0.2) is 0 Å². The summed E-state index contributed by atoms with van der Waals surface area (Å²) in [7, 11) is 0. The third-order valence-electron chi connectivity index (χ3n) is 0.428. The predicted molar refractivity (Wildman–Crippen MR) is 33.0 cm³/mol. The maximum atomic E-state index is 8.03. The molecule has 0 aromatic heterocycles. The van der Waals surface area contributed by atoms with Gasteiger partial charge in [-0.05, 0) is 0 Å². The van der Waals surface area contributed by atoms with Crippen LogP contribution < -0.4 is 0 Å². The Morgan fingerprint density at radius 1 is 1.11 bits per heavy atom. The van der Waals surface area contributed by atoms with Crippen molar-refractivity contribution in [2.75, 3.05) is 0 Å². The van der Waals surface area contributed by atoms with Crippen LogP contribution in [0.1, 0.15) is 0 Å². The molecule has 0 saturated heterocycles. The average Bonchev–Trinajstić information content (AvgIpc) is 1.69. The van der Waals surface area contributed by atoms with Gasteiger partial charge in [-0.25, -0.2) is 0 Å². The first kappa shape index (κ1) is 11.6. The number of hydrogen-bond donors (Lipinski definition) is 0. The third-order valence-corrected chi connectivity index (χ3v) is 0.836. The summed E-state index contributed by atoms with van der Waals surface area (Å²) in [5.41, 5.74) is -0.157. The molecule has 0 radical (unpaired) electrons. The summed E-state index contributed by atoms with van der Waals surface area (Å²) in [5.74, 6) is 0. The van der Waals surface area contributed by atoms with Crippen molar-refractivity contribution in [1.82, 2.24) is 0 Å². The van der Waals surface area contributed by atoms with Crippen LogP contribution in [0.5, 0.6) is 0 Å².